The number of benzene rings is 2. The summed E-state index contributed by atoms with van der Waals surface area (Å²) in [5.74, 6) is 0.429. The van der Waals surface area contributed by atoms with Crippen LogP contribution in [0.5, 0.6) is 17.2 Å². The van der Waals surface area contributed by atoms with Crippen LogP contribution in [0.4, 0.5) is 0 Å². The van der Waals surface area contributed by atoms with Crippen molar-refractivity contribution in [2.45, 2.75) is 52.2 Å². The molecule has 5 rings (SSSR count). The highest BCUT2D eigenvalue weighted by Gasteiger charge is 2.46. The van der Waals surface area contributed by atoms with Gasteiger partial charge in [-0.25, -0.2) is 0 Å². The smallest absolute Gasteiger partial charge is 0.295 e. The lowest BCUT2D eigenvalue weighted by atomic mass is 9.94. The maximum Gasteiger partial charge on any atom is 0.295 e. The molecule has 0 radical (unpaired) electrons. The Kier molecular flexibility index (Phi) is 9.15. The van der Waals surface area contributed by atoms with Gasteiger partial charge in [-0.1, -0.05) is 19.4 Å². The second-order valence-corrected chi connectivity index (χ2v) is 10.7. The van der Waals surface area contributed by atoms with Crippen molar-refractivity contribution in [1.29, 1.82) is 0 Å². The first kappa shape index (κ1) is 29.0. The lowest BCUT2D eigenvalue weighted by molar-refractivity contribution is -0.140. The molecule has 2 atom stereocenters. The van der Waals surface area contributed by atoms with Crippen molar-refractivity contribution in [3.05, 3.63) is 58.7 Å². The van der Waals surface area contributed by atoms with E-state index in [1.165, 1.54) is 0 Å². The van der Waals surface area contributed by atoms with Crippen LogP contribution in [0.15, 0.2) is 42.0 Å². The molecule has 2 fully saturated rings. The molecule has 3 aliphatic rings. The summed E-state index contributed by atoms with van der Waals surface area (Å²) in [5, 5.41) is 11.6. The monoisotopic (exact) mass is 564 g/mol. The summed E-state index contributed by atoms with van der Waals surface area (Å²) in [7, 11) is 0. The Bertz CT molecular complexity index is 1300. The molecule has 1 N–H and O–H groups in total. The van der Waals surface area contributed by atoms with Crippen molar-refractivity contribution in [3.8, 4) is 17.2 Å². The molecule has 2 aromatic rings. The van der Waals surface area contributed by atoms with E-state index in [4.69, 9.17) is 18.9 Å². The average Bonchev–Trinajstić information content (AvgIpc) is 3.48. The third-order valence-corrected chi connectivity index (χ3v) is 7.81. The van der Waals surface area contributed by atoms with Crippen LogP contribution < -0.4 is 14.2 Å². The van der Waals surface area contributed by atoms with Gasteiger partial charge in [-0.05, 0) is 61.7 Å². The molecule has 0 aromatic heterocycles. The van der Waals surface area contributed by atoms with Crippen LogP contribution >= 0.6 is 0 Å². The number of unbranched alkanes of at least 4 members (excludes halogenated alkanes) is 1. The van der Waals surface area contributed by atoms with Crippen molar-refractivity contribution in [3.63, 3.8) is 0 Å². The first-order chi connectivity index (χ1) is 19.9. The van der Waals surface area contributed by atoms with Crippen molar-refractivity contribution >= 4 is 17.4 Å². The van der Waals surface area contributed by atoms with Crippen LogP contribution in [-0.2, 0) is 20.7 Å². The summed E-state index contributed by atoms with van der Waals surface area (Å²) >= 11 is 0. The molecule has 0 aliphatic carbocycles. The van der Waals surface area contributed by atoms with E-state index in [0.29, 0.717) is 68.6 Å². The van der Waals surface area contributed by atoms with Crippen LogP contribution in [0.3, 0.4) is 0 Å². The number of Topliss-reactive ketones (excluding diaryl/α,β-unsaturated/α-hetero) is 1. The Labute approximate surface area is 241 Å². The number of likely N-dealkylation sites (tertiary alicyclic amines) is 1. The van der Waals surface area contributed by atoms with Crippen molar-refractivity contribution in [2.24, 2.45) is 0 Å². The molecule has 1 amide bonds. The summed E-state index contributed by atoms with van der Waals surface area (Å²) in [5.41, 5.74) is 2.21. The number of carbonyl (C=O) groups excluding carboxylic acids is 2. The number of ketones is 1. The number of amides is 1. The molecule has 220 valence electrons. The van der Waals surface area contributed by atoms with Gasteiger partial charge in [-0.3, -0.25) is 14.5 Å². The van der Waals surface area contributed by atoms with Gasteiger partial charge < -0.3 is 29.0 Å². The predicted octanol–water partition coefficient (Wildman–Crippen LogP) is 4.34. The first-order valence-corrected chi connectivity index (χ1v) is 14.7. The lowest BCUT2D eigenvalue weighted by Crippen LogP contribution is -2.42. The molecular formula is C32H40N2O7. The van der Waals surface area contributed by atoms with E-state index in [1.54, 1.807) is 11.0 Å². The molecular weight excluding hydrogens is 524 g/mol. The SMILES string of the molecule is CCCCOc1ccc(C2/C(=C(/O)c3ccc4c(c3)CC(C)O4)C(=O)C(=O)N2CCN2CCOCC2)cc1OCC. The zero-order valence-electron chi connectivity index (χ0n) is 24.2. The van der Waals surface area contributed by atoms with E-state index in [9.17, 15) is 14.7 Å². The third kappa shape index (κ3) is 6.21. The standard InChI is InChI=1S/C32H40N2O7/c1-4-6-15-40-26-10-7-22(20-27(26)39-5-2)29-28(30(35)23-8-9-25-24(19-23)18-21(3)41-25)31(36)32(37)34(29)12-11-33-13-16-38-17-14-33/h7-10,19-21,29,35H,4-6,11-18H2,1-3H3/b30-28-. The summed E-state index contributed by atoms with van der Waals surface area (Å²) in [4.78, 5) is 30.9. The molecule has 2 unspecified atom stereocenters. The molecule has 9 heteroatoms. The van der Waals surface area contributed by atoms with Crippen LogP contribution in [0.1, 0.15) is 56.3 Å². The number of rotatable bonds is 11. The van der Waals surface area contributed by atoms with E-state index >= 15 is 0 Å². The maximum absolute atomic E-state index is 13.6. The molecule has 3 aliphatic heterocycles. The fourth-order valence-electron chi connectivity index (χ4n) is 5.66. The van der Waals surface area contributed by atoms with Gasteiger partial charge in [-0.2, -0.15) is 0 Å². The number of fused-ring (bicyclic) bond motifs is 1. The molecule has 41 heavy (non-hydrogen) atoms. The zero-order valence-corrected chi connectivity index (χ0v) is 24.2. The van der Waals surface area contributed by atoms with Gasteiger partial charge in [0, 0.05) is 38.2 Å². The highest BCUT2D eigenvalue weighted by atomic mass is 16.5. The zero-order chi connectivity index (χ0) is 28.9. The van der Waals surface area contributed by atoms with Gasteiger partial charge >= 0.3 is 0 Å². The lowest BCUT2D eigenvalue weighted by Gasteiger charge is -2.31. The normalized spacial score (nSPS) is 22.1. The van der Waals surface area contributed by atoms with Gasteiger partial charge in [0.2, 0.25) is 0 Å². The summed E-state index contributed by atoms with van der Waals surface area (Å²) < 4.78 is 23.2. The molecule has 0 spiro atoms. The van der Waals surface area contributed by atoms with Crippen LogP contribution in [0.2, 0.25) is 0 Å². The Morgan fingerprint density at radius 1 is 1.02 bits per heavy atom. The Morgan fingerprint density at radius 2 is 1.83 bits per heavy atom. The number of hydrogen-bond acceptors (Lipinski definition) is 8. The number of morpholine rings is 1. The number of nitrogens with zero attached hydrogens (tertiary/aromatic N) is 2. The number of hydrogen-bond donors (Lipinski definition) is 1. The minimum Gasteiger partial charge on any atom is -0.507 e. The Hall–Kier alpha value is -3.56. The fourth-order valence-corrected chi connectivity index (χ4v) is 5.66. The second-order valence-electron chi connectivity index (χ2n) is 10.7. The van der Waals surface area contributed by atoms with Crippen LogP contribution in [0, 0.1) is 0 Å². The van der Waals surface area contributed by atoms with E-state index in [0.717, 1.165) is 37.2 Å². The van der Waals surface area contributed by atoms with E-state index in [-0.39, 0.29) is 17.4 Å². The van der Waals surface area contributed by atoms with Crippen molar-refractivity contribution in [1.82, 2.24) is 9.80 Å². The minimum absolute atomic E-state index is 0.0446. The summed E-state index contributed by atoms with van der Waals surface area (Å²) in [6.45, 7) is 10.7. The van der Waals surface area contributed by atoms with E-state index < -0.39 is 17.7 Å². The minimum atomic E-state index is -0.775. The third-order valence-electron chi connectivity index (χ3n) is 7.81. The molecule has 2 saturated heterocycles. The number of carbonyl (C=O) groups is 2. The van der Waals surface area contributed by atoms with Crippen molar-refractivity contribution in [2.75, 3.05) is 52.6 Å². The molecule has 0 saturated carbocycles. The largest absolute Gasteiger partial charge is 0.507 e. The Balaban J connectivity index is 1.54. The summed E-state index contributed by atoms with van der Waals surface area (Å²) in [6.07, 6.45) is 2.68. The molecule has 0 bridgehead atoms. The second kappa shape index (κ2) is 13.0. The fraction of sp³-hybridized carbons (Fsp3) is 0.500. The summed E-state index contributed by atoms with van der Waals surface area (Å²) in [6, 6.07) is 10.1. The van der Waals surface area contributed by atoms with Crippen LogP contribution in [0.25, 0.3) is 5.76 Å². The first-order valence-electron chi connectivity index (χ1n) is 14.7. The predicted molar refractivity (Wildman–Crippen MR) is 155 cm³/mol. The maximum atomic E-state index is 13.6. The average molecular weight is 565 g/mol. The van der Waals surface area contributed by atoms with Gasteiger partial charge in [0.1, 0.15) is 17.6 Å². The number of aliphatic hydroxyl groups excluding tert-OH is 1. The van der Waals surface area contributed by atoms with Crippen molar-refractivity contribution < 1.29 is 33.6 Å². The van der Waals surface area contributed by atoms with Gasteiger partial charge in [0.25, 0.3) is 11.7 Å². The number of aliphatic hydroxyl groups is 1. The molecule has 2 aromatic carbocycles. The highest BCUT2D eigenvalue weighted by molar-refractivity contribution is 6.46. The topological polar surface area (TPSA) is 97.8 Å². The van der Waals surface area contributed by atoms with Crippen LogP contribution in [-0.4, -0.2) is 85.3 Å². The van der Waals surface area contributed by atoms with Gasteiger partial charge in [0.05, 0.1) is 38.0 Å². The molecule has 9 nitrogen and oxygen atoms in total. The van der Waals surface area contributed by atoms with E-state index in [2.05, 4.69) is 11.8 Å². The van der Waals surface area contributed by atoms with Gasteiger partial charge in [0.15, 0.2) is 11.5 Å². The quantitative estimate of drug-likeness (QED) is 0.186. The Morgan fingerprint density at radius 3 is 2.59 bits per heavy atom. The van der Waals surface area contributed by atoms with Gasteiger partial charge in [-0.15, -0.1) is 0 Å². The number of ether oxygens (including phenoxy) is 4. The molecule has 3 heterocycles. The van der Waals surface area contributed by atoms with E-state index in [1.807, 2.05) is 44.2 Å². The highest BCUT2D eigenvalue weighted by Crippen LogP contribution is 2.43.